The van der Waals surface area contributed by atoms with Crippen molar-refractivity contribution in [3.05, 3.63) is 24.0 Å². The number of nitrogens with zero attached hydrogens (tertiary/aromatic N) is 5. The summed E-state index contributed by atoms with van der Waals surface area (Å²) in [5.74, 6) is 0. The van der Waals surface area contributed by atoms with Crippen molar-refractivity contribution in [3.63, 3.8) is 0 Å². The molecule has 0 N–H and O–H groups in total. The van der Waals surface area contributed by atoms with Gasteiger partial charge in [0.1, 0.15) is 5.60 Å². The van der Waals surface area contributed by atoms with E-state index in [1.54, 1.807) is 0 Å². The molecular formula is C24H39N5O2. The van der Waals surface area contributed by atoms with Gasteiger partial charge in [-0.3, -0.25) is 4.98 Å². The molecule has 3 aliphatic heterocycles. The number of fused-ring (bicyclic) bond motifs is 2. The molecule has 1 aromatic rings. The van der Waals surface area contributed by atoms with Gasteiger partial charge in [0, 0.05) is 68.9 Å². The number of amides is 1. The van der Waals surface area contributed by atoms with E-state index in [-0.39, 0.29) is 6.09 Å². The van der Waals surface area contributed by atoms with Crippen LogP contribution in [0.2, 0.25) is 0 Å². The molecule has 3 fully saturated rings. The zero-order chi connectivity index (χ0) is 22.0. The third kappa shape index (κ3) is 5.69. The molecule has 31 heavy (non-hydrogen) atoms. The lowest BCUT2D eigenvalue weighted by Crippen LogP contribution is -2.56. The number of aryl methyl sites for hydroxylation is 1. The first-order valence-electron chi connectivity index (χ1n) is 11.9. The maximum absolute atomic E-state index is 12.6. The lowest BCUT2D eigenvalue weighted by Gasteiger charge is -2.42. The average Bonchev–Trinajstić information content (AvgIpc) is 2.98. The SMILES string of the molecule is CN1CCN(CCCc2cc(N3C4CCC3CN(C(=O)OC(C)(C)C)C4)ccn2)CC1. The molecule has 0 radical (unpaired) electrons. The molecule has 2 bridgehead atoms. The van der Waals surface area contributed by atoms with Gasteiger partial charge < -0.3 is 24.3 Å². The van der Waals surface area contributed by atoms with Gasteiger partial charge >= 0.3 is 6.09 Å². The molecule has 2 atom stereocenters. The van der Waals surface area contributed by atoms with E-state index in [0.29, 0.717) is 12.1 Å². The van der Waals surface area contributed by atoms with Crippen LogP contribution in [0, 0.1) is 0 Å². The summed E-state index contributed by atoms with van der Waals surface area (Å²) in [5.41, 5.74) is 2.00. The number of rotatable bonds is 5. The van der Waals surface area contributed by atoms with E-state index in [2.05, 4.69) is 38.9 Å². The number of likely N-dealkylation sites (N-methyl/N-ethyl adjacent to an activating group) is 1. The first-order valence-corrected chi connectivity index (χ1v) is 11.9. The highest BCUT2D eigenvalue weighted by Gasteiger charge is 2.42. The summed E-state index contributed by atoms with van der Waals surface area (Å²) in [6.07, 6.45) is 6.21. The molecule has 0 saturated carbocycles. The number of pyridine rings is 1. The predicted octanol–water partition coefficient (Wildman–Crippen LogP) is 2.85. The highest BCUT2D eigenvalue weighted by molar-refractivity contribution is 5.69. The summed E-state index contributed by atoms with van der Waals surface area (Å²) in [7, 11) is 2.20. The monoisotopic (exact) mass is 429 g/mol. The van der Waals surface area contributed by atoms with Gasteiger partial charge in [-0.25, -0.2) is 4.79 Å². The van der Waals surface area contributed by atoms with E-state index in [1.807, 2.05) is 31.9 Å². The molecule has 1 amide bonds. The van der Waals surface area contributed by atoms with Crippen LogP contribution in [-0.2, 0) is 11.2 Å². The third-order valence-corrected chi connectivity index (χ3v) is 6.74. The molecule has 4 heterocycles. The van der Waals surface area contributed by atoms with E-state index in [9.17, 15) is 4.79 Å². The summed E-state index contributed by atoms with van der Waals surface area (Å²) < 4.78 is 5.61. The van der Waals surface area contributed by atoms with Gasteiger partial charge in [0.05, 0.1) is 0 Å². The van der Waals surface area contributed by atoms with Crippen LogP contribution in [0.3, 0.4) is 0 Å². The number of carbonyl (C=O) groups excluding carboxylic acids is 1. The minimum absolute atomic E-state index is 0.177. The van der Waals surface area contributed by atoms with E-state index in [4.69, 9.17) is 4.74 Å². The van der Waals surface area contributed by atoms with Crippen LogP contribution in [0.25, 0.3) is 0 Å². The Bertz CT molecular complexity index is 743. The number of piperazine rings is 2. The van der Waals surface area contributed by atoms with Crippen LogP contribution in [0.5, 0.6) is 0 Å². The van der Waals surface area contributed by atoms with E-state index < -0.39 is 5.60 Å². The first kappa shape index (κ1) is 22.3. The minimum atomic E-state index is -0.447. The molecular weight excluding hydrogens is 390 g/mol. The Hall–Kier alpha value is -1.86. The molecule has 7 heteroatoms. The summed E-state index contributed by atoms with van der Waals surface area (Å²) in [5, 5.41) is 0. The summed E-state index contributed by atoms with van der Waals surface area (Å²) in [6.45, 7) is 13.1. The Morgan fingerprint density at radius 3 is 2.45 bits per heavy atom. The number of likely N-dealkylation sites (tertiary alicyclic amines) is 1. The molecule has 1 aromatic heterocycles. The fourth-order valence-corrected chi connectivity index (χ4v) is 5.12. The van der Waals surface area contributed by atoms with Crippen LogP contribution in [0.15, 0.2) is 18.3 Å². The Morgan fingerprint density at radius 1 is 1.13 bits per heavy atom. The largest absolute Gasteiger partial charge is 0.444 e. The number of ether oxygens (including phenoxy) is 1. The van der Waals surface area contributed by atoms with E-state index in [0.717, 1.165) is 45.3 Å². The predicted molar refractivity (Wildman–Crippen MR) is 124 cm³/mol. The second-order valence-corrected chi connectivity index (χ2v) is 10.4. The molecule has 172 valence electrons. The Morgan fingerprint density at radius 2 is 1.81 bits per heavy atom. The Kier molecular flexibility index (Phi) is 6.72. The fourth-order valence-electron chi connectivity index (χ4n) is 5.12. The first-order chi connectivity index (χ1) is 14.8. The minimum Gasteiger partial charge on any atom is -0.444 e. The molecule has 0 spiro atoms. The van der Waals surface area contributed by atoms with Crippen molar-refractivity contribution in [1.29, 1.82) is 0 Å². The normalized spacial score (nSPS) is 25.2. The topological polar surface area (TPSA) is 52.2 Å². The number of anilines is 1. The van der Waals surface area contributed by atoms with Crippen molar-refractivity contribution in [2.24, 2.45) is 0 Å². The number of carbonyl (C=O) groups is 1. The van der Waals surface area contributed by atoms with Gasteiger partial charge in [-0.05, 0) is 72.2 Å². The molecule has 0 aromatic carbocycles. The zero-order valence-electron chi connectivity index (χ0n) is 19.7. The van der Waals surface area contributed by atoms with E-state index in [1.165, 1.54) is 37.6 Å². The van der Waals surface area contributed by atoms with Gasteiger partial charge in [-0.1, -0.05) is 0 Å². The van der Waals surface area contributed by atoms with Gasteiger partial charge in [-0.15, -0.1) is 0 Å². The molecule has 3 aliphatic rings. The van der Waals surface area contributed by atoms with Crippen LogP contribution < -0.4 is 4.90 Å². The molecule has 7 nitrogen and oxygen atoms in total. The summed E-state index contributed by atoms with van der Waals surface area (Å²) in [4.78, 5) is 26.6. The van der Waals surface area contributed by atoms with Crippen LogP contribution in [-0.4, -0.2) is 96.3 Å². The average molecular weight is 430 g/mol. The number of hydrogen-bond donors (Lipinski definition) is 0. The van der Waals surface area contributed by atoms with Crippen molar-refractivity contribution in [1.82, 2.24) is 19.7 Å². The van der Waals surface area contributed by atoms with Crippen molar-refractivity contribution in [2.45, 2.75) is 64.1 Å². The Balaban J connectivity index is 1.32. The summed E-state index contributed by atoms with van der Waals surface area (Å²) >= 11 is 0. The quantitative estimate of drug-likeness (QED) is 0.717. The number of aromatic nitrogens is 1. The smallest absolute Gasteiger partial charge is 0.410 e. The molecule has 0 aliphatic carbocycles. The fraction of sp³-hybridized carbons (Fsp3) is 0.750. The molecule has 4 rings (SSSR count). The lowest BCUT2D eigenvalue weighted by atomic mass is 10.1. The van der Waals surface area contributed by atoms with Crippen LogP contribution in [0.4, 0.5) is 10.5 Å². The van der Waals surface area contributed by atoms with Gasteiger partial charge in [0.2, 0.25) is 0 Å². The second kappa shape index (κ2) is 9.33. The van der Waals surface area contributed by atoms with Crippen molar-refractivity contribution >= 4 is 11.8 Å². The van der Waals surface area contributed by atoms with Gasteiger partial charge in [0.25, 0.3) is 0 Å². The highest BCUT2D eigenvalue weighted by atomic mass is 16.6. The highest BCUT2D eigenvalue weighted by Crippen LogP contribution is 2.35. The van der Waals surface area contributed by atoms with Crippen molar-refractivity contribution in [3.8, 4) is 0 Å². The molecule has 2 unspecified atom stereocenters. The van der Waals surface area contributed by atoms with E-state index >= 15 is 0 Å². The maximum Gasteiger partial charge on any atom is 0.410 e. The zero-order valence-corrected chi connectivity index (χ0v) is 19.7. The standard InChI is InChI=1S/C24H39N5O2/c1-24(2,3)31-23(30)28-17-21-7-8-22(18-28)29(21)20-9-10-25-19(16-20)6-5-11-27-14-12-26(4)13-15-27/h9-10,16,21-22H,5-8,11-15,17-18H2,1-4H3. The Labute approximate surface area is 187 Å². The van der Waals surface area contributed by atoms with Gasteiger partial charge in [0.15, 0.2) is 0 Å². The van der Waals surface area contributed by atoms with Gasteiger partial charge in [-0.2, -0.15) is 0 Å². The second-order valence-electron chi connectivity index (χ2n) is 10.4. The maximum atomic E-state index is 12.6. The van der Waals surface area contributed by atoms with Crippen LogP contribution in [0.1, 0.15) is 45.7 Å². The lowest BCUT2D eigenvalue weighted by molar-refractivity contribution is 0.0209. The molecule has 3 saturated heterocycles. The number of hydrogen-bond acceptors (Lipinski definition) is 6. The van der Waals surface area contributed by atoms with Crippen LogP contribution >= 0.6 is 0 Å². The van der Waals surface area contributed by atoms with Crippen molar-refractivity contribution < 1.29 is 9.53 Å². The van der Waals surface area contributed by atoms with Crippen molar-refractivity contribution in [2.75, 3.05) is 57.8 Å². The third-order valence-electron chi connectivity index (χ3n) is 6.74. The summed E-state index contributed by atoms with van der Waals surface area (Å²) in [6, 6.07) is 5.15.